The molecule has 3 aliphatic rings. The van der Waals surface area contributed by atoms with Gasteiger partial charge in [-0.05, 0) is 43.3 Å². The third-order valence-corrected chi connectivity index (χ3v) is 14.3. The summed E-state index contributed by atoms with van der Waals surface area (Å²) in [4.78, 5) is 0. The highest BCUT2D eigenvalue weighted by Crippen LogP contribution is 2.56. The van der Waals surface area contributed by atoms with E-state index in [-0.39, 0.29) is 41.5 Å². The quantitative estimate of drug-likeness (QED) is 0.369. The summed E-state index contributed by atoms with van der Waals surface area (Å²) in [5.41, 5.74) is 0. The molecule has 1 aliphatic carbocycles. The van der Waals surface area contributed by atoms with Gasteiger partial charge in [-0.15, -0.1) is 0 Å². The Morgan fingerprint density at radius 1 is 1.19 bits per heavy atom. The summed E-state index contributed by atoms with van der Waals surface area (Å²) in [5.74, 6) is -1.43. The summed E-state index contributed by atoms with van der Waals surface area (Å²) >= 11 is 0. The van der Waals surface area contributed by atoms with E-state index in [1.165, 1.54) is 14.2 Å². The first-order chi connectivity index (χ1) is 14.8. The molecule has 2 heterocycles. The van der Waals surface area contributed by atoms with E-state index < -0.39 is 21.7 Å². The normalized spacial score (nSPS) is 36.4. The molecule has 0 aromatic heterocycles. The van der Waals surface area contributed by atoms with Gasteiger partial charge in [-0.1, -0.05) is 20.8 Å². The molecule has 0 radical (unpaired) electrons. The fourth-order valence-corrected chi connectivity index (χ4v) is 7.03. The minimum absolute atomic E-state index is 0.0421. The zero-order valence-corrected chi connectivity index (χ0v) is 22.7. The van der Waals surface area contributed by atoms with Crippen LogP contribution in [0.25, 0.3) is 0 Å². The molecule has 0 aromatic rings. The van der Waals surface area contributed by atoms with Gasteiger partial charge in [0.05, 0.1) is 12.2 Å². The van der Waals surface area contributed by atoms with Crippen molar-refractivity contribution >= 4 is 15.9 Å². The Labute approximate surface area is 194 Å². The van der Waals surface area contributed by atoms with Gasteiger partial charge in [-0.25, -0.2) is 0 Å². The van der Waals surface area contributed by atoms with Gasteiger partial charge in [-0.2, -0.15) is 0 Å². The molecule has 0 amide bonds. The molecule has 32 heavy (non-hydrogen) atoms. The van der Waals surface area contributed by atoms with Crippen LogP contribution in [0.1, 0.15) is 52.9 Å². The van der Waals surface area contributed by atoms with Crippen molar-refractivity contribution in [2.24, 2.45) is 11.8 Å². The monoisotopic (exact) mass is 494 g/mol. The Morgan fingerprint density at radius 2 is 1.88 bits per heavy atom. The predicted molar refractivity (Wildman–Crippen MR) is 124 cm³/mol. The van der Waals surface area contributed by atoms with Gasteiger partial charge in [-0.3, -0.25) is 4.57 Å². The first-order valence-electron chi connectivity index (χ1n) is 11.8. The van der Waals surface area contributed by atoms with Crippen LogP contribution in [0.4, 0.5) is 0 Å². The minimum atomic E-state index is -3.41. The van der Waals surface area contributed by atoms with E-state index in [0.717, 1.165) is 25.9 Å². The van der Waals surface area contributed by atoms with Gasteiger partial charge in [0.2, 0.25) is 0 Å². The van der Waals surface area contributed by atoms with E-state index in [1.54, 1.807) is 0 Å². The number of hydrogen-bond donors (Lipinski definition) is 1. The highest BCUT2D eigenvalue weighted by molar-refractivity contribution is 7.53. The molecular formula is C22H43O8PSi. The average Bonchev–Trinajstić information content (AvgIpc) is 3.18. The molecule has 0 spiro atoms. The number of hydrogen-bond acceptors (Lipinski definition) is 8. The zero-order chi connectivity index (χ0) is 23.8. The summed E-state index contributed by atoms with van der Waals surface area (Å²) in [5, 5.41) is 11.2. The molecule has 2 aliphatic heterocycles. The van der Waals surface area contributed by atoms with Crippen molar-refractivity contribution in [3.8, 4) is 0 Å². The lowest BCUT2D eigenvalue weighted by atomic mass is 9.90. The van der Waals surface area contributed by atoms with Crippen LogP contribution in [0, 0.1) is 11.8 Å². The Bertz CT molecular complexity index is 669. The maximum absolute atomic E-state index is 12.7. The van der Waals surface area contributed by atoms with E-state index in [9.17, 15) is 9.67 Å². The van der Waals surface area contributed by atoms with E-state index in [1.807, 2.05) is 0 Å². The molecule has 1 N–H and O–H groups in total. The second-order valence-electron chi connectivity index (χ2n) is 11.0. The largest absolute Gasteiger partial charge is 0.416 e. The summed E-state index contributed by atoms with van der Waals surface area (Å²) in [6.07, 6.45) is 3.46. The van der Waals surface area contributed by atoms with Gasteiger partial charge in [0.1, 0.15) is 6.16 Å². The van der Waals surface area contributed by atoms with Crippen LogP contribution < -0.4 is 0 Å². The maximum atomic E-state index is 12.7. The Kier molecular flexibility index (Phi) is 8.39. The Balaban J connectivity index is 1.74. The van der Waals surface area contributed by atoms with Crippen molar-refractivity contribution < 1.29 is 37.4 Å². The fourth-order valence-electron chi connectivity index (χ4n) is 4.78. The summed E-state index contributed by atoms with van der Waals surface area (Å²) in [6.45, 7) is 12.5. The minimum Gasteiger partial charge on any atom is -0.416 e. The van der Waals surface area contributed by atoms with Crippen LogP contribution in [-0.4, -0.2) is 71.3 Å². The SMILES string of the molecule is COP(=O)(CC1(O)CC2C(CC(OC3CCCCO3)C2CO[Si](C)(C)C(C)(C)C)O1)OC. The second-order valence-corrected chi connectivity index (χ2v) is 18.1. The van der Waals surface area contributed by atoms with Crippen molar-refractivity contribution in [1.29, 1.82) is 0 Å². The summed E-state index contributed by atoms with van der Waals surface area (Å²) < 4.78 is 47.7. The molecular weight excluding hydrogens is 451 g/mol. The molecule has 1 saturated carbocycles. The van der Waals surface area contributed by atoms with Gasteiger partial charge >= 0.3 is 7.60 Å². The molecule has 6 atom stereocenters. The Morgan fingerprint density at radius 3 is 2.44 bits per heavy atom. The summed E-state index contributed by atoms with van der Waals surface area (Å²) in [7, 11) is -2.72. The van der Waals surface area contributed by atoms with Gasteiger partial charge in [0.25, 0.3) is 0 Å². The van der Waals surface area contributed by atoms with Crippen LogP contribution in [0.5, 0.6) is 0 Å². The number of ether oxygens (including phenoxy) is 3. The van der Waals surface area contributed by atoms with E-state index in [4.69, 9.17) is 27.7 Å². The first kappa shape index (κ1) is 26.8. The lowest BCUT2D eigenvalue weighted by Crippen LogP contribution is -2.44. The fraction of sp³-hybridized carbons (Fsp3) is 1.00. The zero-order valence-electron chi connectivity index (χ0n) is 20.8. The molecule has 10 heteroatoms. The molecule has 3 rings (SSSR count). The third kappa shape index (κ3) is 6.04. The number of rotatable bonds is 9. The van der Waals surface area contributed by atoms with Crippen molar-refractivity contribution in [1.82, 2.24) is 0 Å². The topological polar surface area (TPSA) is 92.7 Å². The van der Waals surface area contributed by atoms with Crippen LogP contribution in [0.3, 0.4) is 0 Å². The first-order valence-corrected chi connectivity index (χ1v) is 16.5. The van der Waals surface area contributed by atoms with E-state index in [0.29, 0.717) is 19.4 Å². The lowest BCUT2D eigenvalue weighted by molar-refractivity contribution is -0.210. The standard InChI is InChI=1S/C22H43O8PSi/c1-21(2,3)32(6,7)28-14-17-16-13-22(23,15-31(24,25-4)26-5)30-19(16)12-18(17)29-20-10-8-9-11-27-20/h16-20,23H,8-15H2,1-7H3. The maximum Gasteiger partial charge on any atom is 0.335 e. The highest BCUT2D eigenvalue weighted by Gasteiger charge is 2.58. The van der Waals surface area contributed by atoms with Crippen molar-refractivity contribution in [2.45, 2.75) is 95.3 Å². The molecule has 188 valence electrons. The Hall–Kier alpha value is 0.167. The van der Waals surface area contributed by atoms with Gasteiger partial charge in [0.15, 0.2) is 20.4 Å². The lowest BCUT2D eigenvalue weighted by Gasteiger charge is -2.38. The smallest absolute Gasteiger partial charge is 0.335 e. The van der Waals surface area contributed by atoms with Crippen LogP contribution >= 0.6 is 7.60 Å². The predicted octanol–water partition coefficient (Wildman–Crippen LogP) is 4.52. The number of aliphatic hydroxyl groups is 1. The van der Waals surface area contributed by atoms with Crippen LogP contribution in [0.2, 0.25) is 18.1 Å². The molecule has 0 aromatic carbocycles. The third-order valence-electron chi connectivity index (χ3n) is 7.80. The van der Waals surface area contributed by atoms with Crippen LogP contribution in [0.15, 0.2) is 0 Å². The van der Waals surface area contributed by atoms with Crippen molar-refractivity contribution in [2.75, 3.05) is 33.6 Å². The highest BCUT2D eigenvalue weighted by atomic mass is 31.2. The van der Waals surface area contributed by atoms with E-state index >= 15 is 0 Å². The molecule has 0 bridgehead atoms. The van der Waals surface area contributed by atoms with Gasteiger partial charge in [0, 0.05) is 46.2 Å². The number of fused-ring (bicyclic) bond motifs is 1. The average molecular weight is 495 g/mol. The van der Waals surface area contributed by atoms with Gasteiger partial charge < -0.3 is 32.8 Å². The van der Waals surface area contributed by atoms with Crippen molar-refractivity contribution in [3.05, 3.63) is 0 Å². The van der Waals surface area contributed by atoms with E-state index in [2.05, 4.69) is 33.9 Å². The molecule has 6 unspecified atom stereocenters. The summed E-state index contributed by atoms with van der Waals surface area (Å²) in [6, 6.07) is 0. The van der Waals surface area contributed by atoms with Crippen LogP contribution in [-0.2, 0) is 32.2 Å². The molecule has 2 saturated heterocycles. The molecule has 8 nitrogen and oxygen atoms in total. The molecule has 3 fully saturated rings. The second kappa shape index (κ2) is 10.0. The van der Waals surface area contributed by atoms with Crippen molar-refractivity contribution in [3.63, 3.8) is 0 Å².